The van der Waals surface area contributed by atoms with Crippen molar-refractivity contribution < 1.29 is 4.79 Å². The first-order valence-corrected chi connectivity index (χ1v) is 9.13. The number of benzene rings is 2. The second-order valence-electron chi connectivity index (χ2n) is 7.00. The Kier molecular flexibility index (Phi) is 4.31. The van der Waals surface area contributed by atoms with E-state index in [4.69, 9.17) is 0 Å². The van der Waals surface area contributed by atoms with Gasteiger partial charge in [0.25, 0.3) is 0 Å². The van der Waals surface area contributed by atoms with Gasteiger partial charge >= 0.3 is 0 Å². The second-order valence-corrected chi connectivity index (χ2v) is 7.00. The third kappa shape index (κ3) is 3.19. The van der Waals surface area contributed by atoms with Gasteiger partial charge in [-0.3, -0.25) is 4.79 Å². The lowest BCUT2D eigenvalue weighted by Gasteiger charge is -2.16. The number of para-hydroxylation sites is 1. The van der Waals surface area contributed by atoms with Crippen LogP contribution in [0, 0.1) is 6.92 Å². The highest BCUT2D eigenvalue weighted by Gasteiger charge is 2.20. The molecule has 0 bridgehead atoms. The summed E-state index contributed by atoms with van der Waals surface area (Å²) < 4.78 is 2.25. The molecule has 0 saturated carbocycles. The molecule has 1 N–H and O–H groups in total. The molecule has 0 aliphatic heterocycles. The number of fused-ring (bicyclic) bond motifs is 3. The van der Waals surface area contributed by atoms with Gasteiger partial charge in [-0.15, -0.1) is 0 Å². The van der Waals surface area contributed by atoms with Gasteiger partial charge in [-0.2, -0.15) is 0 Å². The van der Waals surface area contributed by atoms with Crippen LogP contribution in [0.4, 0.5) is 5.69 Å². The molecular formula is C22H24N2O. The average molecular weight is 332 g/mol. The minimum Gasteiger partial charge on any atom is -0.378 e. The maximum Gasteiger partial charge on any atom is 0.171 e. The molecule has 0 spiro atoms. The highest BCUT2D eigenvalue weighted by atomic mass is 16.1. The van der Waals surface area contributed by atoms with E-state index in [1.165, 1.54) is 40.6 Å². The molecule has 3 heteroatoms. The number of anilines is 1. The summed E-state index contributed by atoms with van der Waals surface area (Å²) in [6, 6.07) is 16.7. The van der Waals surface area contributed by atoms with Crippen LogP contribution in [0.5, 0.6) is 0 Å². The zero-order chi connectivity index (χ0) is 17.2. The van der Waals surface area contributed by atoms with Gasteiger partial charge in [0.05, 0.1) is 13.1 Å². The maximum absolute atomic E-state index is 12.6. The van der Waals surface area contributed by atoms with Gasteiger partial charge in [-0.1, -0.05) is 30.3 Å². The minimum absolute atomic E-state index is 0.218. The first kappa shape index (κ1) is 15.9. The number of ketones is 1. The van der Waals surface area contributed by atoms with Gasteiger partial charge in [-0.05, 0) is 61.9 Å². The molecule has 1 aliphatic carbocycles. The standard InChI is InChI=1S/C22H24N2O/c1-16-7-6-8-17(13-16)23-14-18(25)15-24-21-11-4-2-9-19(21)20-10-3-5-12-22(20)24/h2,4,6-9,11,13,23H,3,5,10,12,14-15H2,1H3. The Balaban J connectivity index is 1.55. The van der Waals surface area contributed by atoms with Crippen LogP contribution in [0.3, 0.4) is 0 Å². The molecule has 4 rings (SSSR count). The molecule has 2 aromatic carbocycles. The van der Waals surface area contributed by atoms with Gasteiger partial charge in [-0.25, -0.2) is 0 Å². The van der Waals surface area contributed by atoms with Crippen LogP contribution in [0.15, 0.2) is 48.5 Å². The number of hydrogen-bond donors (Lipinski definition) is 1. The van der Waals surface area contributed by atoms with Crippen molar-refractivity contribution in [2.45, 2.75) is 39.2 Å². The number of aromatic nitrogens is 1. The first-order valence-electron chi connectivity index (χ1n) is 9.13. The molecule has 0 saturated heterocycles. The summed E-state index contributed by atoms with van der Waals surface area (Å²) in [7, 11) is 0. The van der Waals surface area contributed by atoms with Crippen molar-refractivity contribution in [3.63, 3.8) is 0 Å². The van der Waals surface area contributed by atoms with Crippen molar-refractivity contribution in [2.75, 3.05) is 11.9 Å². The number of carbonyl (C=O) groups excluding carboxylic acids is 1. The number of rotatable bonds is 5. The van der Waals surface area contributed by atoms with Crippen molar-refractivity contribution >= 4 is 22.4 Å². The van der Waals surface area contributed by atoms with Crippen LogP contribution in [-0.2, 0) is 24.2 Å². The Morgan fingerprint density at radius 2 is 1.92 bits per heavy atom. The van der Waals surface area contributed by atoms with Gasteiger partial charge in [0.2, 0.25) is 0 Å². The largest absolute Gasteiger partial charge is 0.378 e. The van der Waals surface area contributed by atoms with E-state index >= 15 is 0 Å². The van der Waals surface area contributed by atoms with E-state index in [-0.39, 0.29) is 5.78 Å². The Bertz CT molecular complexity index is 923. The lowest BCUT2D eigenvalue weighted by molar-refractivity contribution is -0.117. The summed E-state index contributed by atoms with van der Waals surface area (Å²) in [4.78, 5) is 12.6. The molecule has 1 aromatic heterocycles. The Morgan fingerprint density at radius 3 is 2.80 bits per heavy atom. The van der Waals surface area contributed by atoms with Crippen molar-refractivity contribution in [2.24, 2.45) is 0 Å². The Hall–Kier alpha value is -2.55. The lowest BCUT2D eigenvalue weighted by atomic mass is 9.95. The third-order valence-electron chi connectivity index (χ3n) is 5.13. The predicted molar refractivity (Wildman–Crippen MR) is 103 cm³/mol. The molecule has 1 aliphatic rings. The molecule has 0 radical (unpaired) electrons. The zero-order valence-corrected chi connectivity index (χ0v) is 14.7. The van der Waals surface area contributed by atoms with Crippen LogP contribution < -0.4 is 5.32 Å². The Morgan fingerprint density at radius 1 is 1.08 bits per heavy atom. The van der Waals surface area contributed by atoms with E-state index in [0.29, 0.717) is 13.1 Å². The first-order chi connectivity index (χ1) is 12.2. The highest BCUT2D eigenvalue weighted by Crippen LogP contribution is 2.32. The Labute approximate surface area is 148 Å². The summed E-state index contributed by atoms with van der Waals surface area (Å²) in [5.41, 5.74) is 6.24. The molecule has 3 aromatic rings. The fourth-order valence-electron chi connectivity index (χ4n) is 3.96. The lowest BCUT2D eigenvalue weighted by Crippen LogP contribution is -2.21. The fraction of sp³-hybridized carbons (Fsp3) is 0.318. The smallest absolute Gasteiger partial charge is 0.171 e. The van der Waals surface area contributed by atoms with Crippen molar-refractivity contribution in [3.8, 4) is 0 Å². The number of aryl methyl sites for hydroxylation is 2. The van der Waals surface area contributed by atoms with Gasteiger partial charge in [0.1, 0.15) is 0 Å². The highest BCUT2D eigenvalue weighted by molar-refractivity contribution is 5.89. The van der Waals surface area contributed by atoms with Crippen LogP contribution in [-0.4, -0.2) is 16.9 Å². The zero-order valence-electron chi connectivity index (χ0n) is 14.7. The number of carbonyl (C=O) groups is 1. The molecule has 0 amide bonds. The van der Waals surface area contributed by atoms with Gasteiger partial charge in [0, 0.05) is 22.3 Å². The minimum atomic E-state index is 0.218. The van der Waals surface area contributed by atoms with Crippen molar-refractivity contribution in [3.05, 3.63) is 65.4 Å². The molecule has 3 nitrogen and oxygen atoms in total. The summed E-state index contributed by atoms with van der Waals surface area (Å²) in [5, 5.41) is 4.59. The average Bonchev–Trinajstić information content (AvgIpc) is 2.95. The fourth-order valence-corrected chi connectivity index (χ4v) is 3.96. The monoisotopic (exact) mass is 332 g/mol. The molecule has 25 heavy (non-hydrogen) atoms. The number of hydrogen-bond acceptors (Lipinski definition) is 2. The van der Waals surface area contributed by atoms with Crippen LogP contribution in [0.25, 0.3) is 10.9 Å². The summed E-state index contributed by atoms with van der Waals surface area (Å²) >= 11 is 0. The number of nitrogens with zero attached hydrogens (tertiary/aromatic N) is 1. The summed E-state index contributed by atoms with van der Waals surface area (Å²) in [5.74, 6) is 0.218. The second kappa shape index (κ2) is 6.75. The molecule has 0 fully saturated rings. The van der Waals surface area contributed by atoms with E-state index in [2.05, 4.69) is 53.2 Å². The molecule has 128 valence electrons. The summed E-state index contributed by atoms with van der Waals surface area (Å²) in [6.45, 7) is 2.88. The van der Waals surface area contributed by atoms with E-state index in [1.54, 1.807) is 0 Å². The van der Waals surface area contributed by atoms with E-state index < -0.39 is 0 Å². The van der Waals surface area contributed by atoms with E-state index in [9.17, 15) is 4.79 Å². The third-order valence-corrected chi connectivity index (χ3v) is 5.13. The van der Waals surface area contributed by atoms with Gasteiger partial charge in [0.15, 0.2) is 5.78 Å². The number of nitrogens with one attached hydrogen (secondary N) is 1. The maximum atomic E-state index is 12.6. The van der Waals surface area contributed by atoms with Gasteiger partial charge < -0.3 is 9.88 Å². The van der Waals surface area contributed by atoms with E-state index in [1.807, 2.05) is 12.1 Å². The molecular weight excluding hydrogens is 308 g/mol. The van der Waals surface area contributed by atoms with E-state index in [0.717, 1.165) is 18.5 Å². The quantitative estimate of drug-likeness (QED) is 0.746. The summed E-state index contributed by atoms with van der Waals surface area (Å²) in [6.07, 6.45) is 4.70. The van der Waals surface area contributed by atoms with Crippen molar-refractivity contribution in [1.82, 2.24) is 4.57 Å². The molecule has 0 atom stereocenters. The topological polar surface area (TPSA) is 34.0 Å². The SMILES string of the molecule is Cc1cccc(NCC(=O)Cn2c3c(c4ccccc42)CCCC3)c1. The molecule has 0 unspecified atom stereocenters. The van der Waals surface area contributed by atoms with Crippen LogP contribution >= 0.6 is 0 Å². The predicted octanol–water partition coefficient (Wildman–Crippen LogP) is 4.51. The van der Waals surface area contributed by atoms with Crippen LogP contribution in [0.2, 0.25) is 0 Å². The van der Waals surface area contributed by atoms with Crippen molar-refractivity contribution in [1.29, 1.82) is 0 Å². The normalized spacial score (nSPS) is 13.6. The molecule has 1 heterocycles. The van der Waals surface area contributed by atoms with Crippen LogP contribution in [0.1, 0.15) is 29.7 Å². The number of Topliss-reactive ketones (excluding diaryl/α,β-unsaturated/α-hetero) is 1.